The highest BCUT2D eigenvalue weighted by Crippen LogP contribution is 2.44. The number of carbonyl (C=O) groups is 1. The smallest absolute Gasteiger partial charge is 0.407 e. The van der Waals surface area contributed by atoms with Gasteiger partial charge in [-0.3, -0.25) is 0 Å². The van der Waals surface area contributed by atoms with Gasteiger partial charge in [0.1, 0.15) is 12.7 Å². The molecule has 0 bridgehead atoms. The van der Waals surface area contributed by atoms with E-state index in [2.05, 4.69) is 17.4 Å². The summed E-state index contributed by atoms with van der Waals surface area (Å²) in [5.41, 5.74) is 10.8. The molecular formula is C25H24Cl2N2O4. The van der Waals surface area contributed by atoms with E-state index in [1.165, 1.54) is 12.1 Å². The first-order valence-electron chi connectivity index (χ1n) is 10.6. The third-order valence-electron chi connectivity index (χ3n) is 5.81. The lowest BCUT2D eigenvalue weighted by Crippen LogP contribution is -2.30. The van der Waals surface area contributed by atoms with Gasteiger partial charge in [-0.15, -0.1) is 0 Å². The molecule has 0 saturated heterocycles. The molecule has 3 aromatic carbocycles. The number of hydrogen-bond acceptors (Lipinski definition) is 5. The highest BCUT2D eigenvalue weighted by Gasteiger charge is 2.29. The Morgan fingerprint density at radius 1 is 1.00 bits per heavy atom. The van der Waals surface area contributed by atoms with E-state index >= 15 is 0 Å². The van der Waals surface area contributed by atoms with Crippen LogP contribution in [0.5, 0.6) is 0 Å². The van der Waals surface area contributed by atoms with Gasteiger partial charge < -0.3 is 26.0 Å². The number of hydrogen-bond donors (Lipinski definition) is 4. The predicted octanol–water partition coefficient (Wildman–Crippen LogP) is 4.90. The second kappa shape index (κ2) is 10.0. The molecule has 1 amide bonds. The Morgan fingerprint density at radius 2 is 1.55 bits per heavy atom. The zero-order valence-corrected chi connectivity index (χ0v) is 19.2. The molecule has 5 N–H and O–H groups in total. The van der Waals surface area contributed by atoms with Crippen molar-refractivity contribution < 1.29 is 19.7 Å². The number of amides is 1. The summed E-state index contributed by atoms with van der Waals surface area (Å²) in [6.07, 6.45) is -3.04. The molecule has 2 atom stereocenters. The van der Waals surface area contributed by atoms with Gasteiger partial charge in [0.05, 0.1) is 6.10 Å². The second-order valence-electron chi connectivity index (χ2n) is 7.95. The molecule has 3 aromatic rings. The molecule has 0 aliphatic heterocycles. The Bertz CT molecular complexity index is 1100. The average Bonchev–Trinajstić information content (AvgIpc) is 3.10. The van der Waals surface area contributed by atoms with Crippen molar-refractivity contribution in [2.24, 2.45) is 0 Å². The summed E-state index contributed by atoms with van der Waals surface area (Å²) in [6.45, 7) is 0.292. The van der Waals surface area contributed by atoms with E-state index in [4.69, 9.17) is 33.7 Å². The monoisotopic (exact) mass is 486 g/mol. The van der Waals surface area contributed by atoms with Gasteiger partial charge in [-0.1, -0.05) is 71.7 Å². The van der Waals surface area contributed by atoms with Crippen LogP contribution in [0.4, 0.5) is 10.5 Å². The number of nitrogen functional groups attached to an aromatic ring is 1. The third kappa shape index (κ3) is 4.94. The van der Waals surface area contributed by atoms with Crippen LogP contribution in [0.3, 0.4) is 0 Å². The van der Waals surface area contributed by atoms with Crippen LogP contribution >= 0.6 is 23.2 Å². The van der Waals surface area contributed by atoms with Crippen LogP contribution in [0.25, 0.3) is 11.1 Å². The van der Waals surface area contributed by atoms with E-state index < -0.39 is 18.3 Å². The standard InChI is InChI=1S/C25H24Cl2N2O4/c26-20-11-14(28)12-21(27)23(20)24(31)22(30)9-10-29-25(32)33-13-19-17-7-3-1-5-15(17)16-6-2-4-8-18(16)19/h1-8,11-12,19,22,24,30-31H,9-10,13,28H2,(H,29,32). The molecule has 1 aliphatic carbocycles. The fourth-order valence-corrected chi connectivity index (χ4v) is 4.94. The average molecular weight is 487 g/mol. The lowest BCUT2D eigenvalue weighted by atomic mass is 9.98. The number of aliphatic hydroxyl groups excluding tert-OH is 2. The molecule has 0 saturated carbocycles. The van der Waals surface area contributed by atoms with E-state index in [1.807, 2.05) is 36.4 Å². The lowest BCUT2D eigenvalue weighted by molar-refractivity contribution is 0.0138. The Kier molecular flexibility index (Phi) is 7.10. The fourth-order valence-electron chi connectivity index (χ4n) is 4.21. The number of anilines is 1. The Balaban J connectivity index is 1.30. The van der Waals surface area contributed by atoms with Gasteiger partial charge in [0, 0.05) is 33.8 Å². The molecule has 8 heteroatoms. The zero-order chi connectivity index (χ0) is 23.5. The minimum absolute atomic E-state index is 0.0367. The molecule has 6 nitrogen and oxygen atoms in total. The highest BCUT2D eigenvalue weighted by atomic mass is 35.5. The van der Waals surface area contributed by atoms with Gasteiger partial charge >= 0.3 is 6.09 Å². The maximum atomic E-state index is 12.3. The van der Waals surface area contributed by atoms with Crippen LogP contribution in [0.1, 0.15) is 35.1 Å². The van der Waals surface area contributed by atoms with Crippen LogP contribution in [-0.4, -0.2) is 35.6 Å². The Hall–Kier alpha value is -2.77. The highest BCUT2D eigenvalue weighted by molar-refractivity contribution is 6.36. The van der Waals surface area contributed by atoms with Crippen molar-refractivity contribution in [3.63, 3.8) is 0 Å². The molecule has 1 aliphatic rings. The Labute approximate surface area is 201 Å². The zero-order valence-electron chi connectivity index (χ0n) is 17.7. The van der Waals surface area contributed by atoms with Crippen molar-refractivity contribution in [2.45, 2.75) is 24.5 Å². The predicted molar refractivity (Wildman–Crippen MR) is 130 cm³/mol. The van der Waals surface area contributed by atoms with E-state index in [0.29, 0.717) is 5.69 Å². The molecule has 0 aromatic heterocycles. The van der Waals surface area contributed by atoms with E-state index in [-0.39, 0.29) is 41.1 Å². The SMILES string of the molecule is Nc1cc(Cl)c(C(O)C(O)CCNC(=O)OCC2c3ccccc3-c3ccccc32)c(Cl)c1. The van der Waals surface area contributed by atoms with E-state index in [0.717, 1.165) is 22.3 Å². The first-order valence-corrected chi connectivity index (χ1v) is 11.3. The fraction of sp³-hybridized carbons (Fsp3) is 0.240. The number of carbonyl (C=O) groups excluding carboxylic acids is 1. The number of ether oxygens (including phenoxy) is 1. The van der Waals surface area contributed by atoms with Crippen LogP contribution in [0.2, 0.25) is 10.0 Å². The molecule has 0 spiro atoms. The summed E-state index contributed by atoms with van der Waals surface area (Å²) in [7, 11) is 0. The number of benzene rings is 3. The summed E-state index contributed by atoms with van der Waals surface area (Å²) in [5.74, 6) is -0.0367. The molecule has 172 valence electrons. The van der Waals surface area contributed by atoms with E-state index in [9.17, 15) is 15.0 Å². The second-order valence-corrected chi connectivity index (χ2v) is 8.77. The van der Waals surface area contributed by atoms with E-state index in [1.54, 1.807) is 0 Å². The van der Waals surface area contributed by atoms with Gasteiger partial charge in [-0.05, 0) is 40.8 Å². The van der Waals surface area contributed by atoms with Crippen molar-refractivity contribution in [1.29, 1.82) is 0 Å². The summed E-state index contributed by atoms with van der Waals surface area (Å²) in [4.78, 5) is 12.3. The molecule has 0 heterocycles. The van der Waals surface area contributed by atoms with Gasteiger partial charge in [-0.2, -0.15) is 0 Å². The number of alkyl carbamates (subject to hydrolysis) is 1. The molecule has 2 unspecified atom stereocenters. The van der Waals surface area contributed by atoms with Crippen molar-refractivity contribution in [3.05, 3.63) is 87.4 Å². The molecular weight excluding hydrogens is 463 g/mol. The summed E-state index contributed by atoms with van der Waals surface area (Å²) in [5, 5.41) is 23.7. The minimum atomic E-state index is -1.32. The van der Waals surface area contributed by atoms with Crippen molar-refractivity contribution >= 4 is 35.0 Å². The molecule has 0 radical (unpaired) electrons. The summed E-state index contributed by atoms with van der Waals surface area (Å²) in [6, 6.07) is 19.1. The maximum absolute atomic E-state index is 12.3. The number of halogens is 2. The number of aliphatic hydroxyl groups is 2. The maximum Gasteiger partial charge on any atom is 0.407 e. The summed E-state index contributed by atoms with van der Waals surface area (Å²) < 4.78 is 5.47. The first-order chi connectivity index (χ1) is 15.9. The van der Waals surface area contributed by atoms with Crippen molar-refractivity contribution in [3.8, 4) is 11.1 Å². The molecule has 4 rings (SSSR count). The lowest BCUT2D eigenvalue weighted by Gasteiger charge is -2.21. The number of nitrogens with one attached hydrogen (secondary N) is 1. The number of nitrogens with two attached hydrogens (primary N) is 1. The quantitative estimate of drug-likeness (QED) is 0.355. The van der Waals surface area contributed by atoms with Gasteiger partial charge in [0.2, 0.25) is 0 Å². The van der Waals surface area contributed by atoms with Gasteiger partial charge in [0.15, 0.2) is 0 Å². The van der Waals surface area contributed by atoms with Gasteiger partial charge in [-0.25, -0.2) is 4.79 Å². The molecule has 33 heavy (non-hydrogen) atoms. The number of fused-ring (bicyclic) bond motifs is 3. The minimum Gasteiger partial charge on any atom is -0.449 e. The topological polar surface area (TPSA) is 105 Å². The molecule has 0 fully saturated rings. The number of rotatable bonds is 7. The van der Waals surface area contributed by atoms with Crippen LogP contribution in [0, 0.1) is 0 Å². The largest absolute Gasteiger partial charge is 0.449 e. The first kappa shape index (κ1) is 23.4. The van der Waals surface area contributed by atoms with Crippen molar-refractivity contribution in [1.82, 2.24) is 5.32 Å². The van der Waals surface area contributed by atoms with Crippen LogP contribution in [-0.2, 0) is 4.74 Å². The summed E-state index contributed by atoms with van der Waals surface area (Å²) >= 11 is 12.2. The van der Waals surface area contributed by atoms with Crippen LogP contribution < -0.4 is 11.1 Å². The normalized spacial score (nSPS) is 14.3. The van der Waals surface area contributed by atoms with Crippen molar-refractivity contribution in [2.75, 3.05) is 18.9 Å². The van der Waals surface area contributed by atoms with Crippen LogP contribution in [0.15, 0.2) is 60.7 Å². The third-order valence-corrected chi connectivity index (χ3v) is 6.44. The Morgan fingerprint density at radius 3 is 2.12 bits per heavy atom. The van der Waals surface area contributed by atoms with Gasteiger partial charge in [0.25, 0.3) is 0 Å².